The Balaban J connectivity index is 2.34. The van der Waals surface area contributed by atoms with Crippen molar-refractivity contribution in [2.45, 2.75) is 19.4 Å². The molecule has 0 aromatic rings. The molecular weight excluding hydrogens is 196 g/mol. The maximum atomic E-state index is 11.7. The summed E-state index contributed by atoms with van der Waals surface area (Å²) >= 11 is 0. The molecule has 0 bridgehead atoms. The second-order valence-corrected chi connectivity index (χ2v) is 3.57. The van der Waals surface area contributed by atoms with Crippen molar-refractivity contribution in [3.63, 3.8) is 0 Å². The number of morpholine rings is 1. The molecule has 1 amide bonds. The molecule has 0 aromatic heterocycles. The molecule has 1 atom stereocenters. The summed E-state index contributed by atoms with van der Waals surface area (Å²) in [6, 6.07) is 0.202. The first-order valence-corrected chi connectivity index (χ1v) is 5.44. The van der Waals surface area contributed by atoms with Gasteiger partial charge < -0.3 is 20.1 Å². The van der Waals surface area contributed by atoms with Crippen LogP contribution >= 0.6 is 0 Å². The third-order valence-corrected chi connectivity index (χ3v) is 2.51. The lowest BCUT2D eigenvalue weighted by atomic mass is 10.2. The molecule has 1 aliphatic rings. The SMILES string of the molecule is CCC1COCCN1C(=O)COCCN. The summed E-state index contributed by atoms with van der Waals surface area (Å²) in [4.78, 5) is 13.6. The molecule has 1 unspecified atom stereocenters. The van der Waals surface area contributed by atoms with Gasteiger partial charge in [0.15, 0.2) is 0 Å². The van der Waals surface area contributed by atoms with Gasteiger partial charge in [-0.1, -0.05) is 6.92 Å². The zero-order valence-corrected chi connectivity index (χ0v) is 9.28. The Hall–Kier alpha value is -0.650. The molecule has 1 heterocycles. The molecule has 0 radical (unpaired) electrons. The minimum atomic E-state index is 0.0404. The van der Waals surface area contributed by atoms with Gasteiger partial charge in [-0.15, -0.1) is 0 Å². The average molecular weight is 216 g/mol. The third kappa shape index (κ3) is 3.77. The zero-order valence-electron chi connectivity index (χ0n) is 9.28. The number of rotatable bonds is 5. The molecule has 0 saturated carbocycles. The summed E-state index contributed by atoms with van der Waals surface area (Å²) in [5, 5.41) is 0. The van der Waals surface area contributed by atoms with Crippen LogP contribution in [0.5, 0.6) is 0 Å². The number of carbonyl (C=O) groups is 1. The van der Waals surface area contributed by atoms with E-state index in [0.29, 0.717) is 32.9 Å². The lowest BCUT2D eigenvalue weighted by molar-refractivity contribution is -0.144. The number of ether oxygens (including phenoxy) is 2. The van der Waals surface area contributed by atoms with Gasteiger partial charge in [0.05, 0.1) is 25.9 Å². The van der Waals surface area contributed by atoms with Gasteiger partial charge in [0.2, 0.25) is 5.91 Å². The molecule has 0 aromatic carbocycles. The van der Waals surface area contributed by atoms with Crippen molar-refractivity contribution in [2.75, 3.05) is 39.5 Å². The Labute approximate surface area is 90.5 Å². The topological polar surface area (TPSA) is 64.8 Å². The first-order valence-electron chi connectivity index (χ1n) is 5.44. The number of hydrogen-bond acceptors (Lipinski definition) is 4. The van der Waals surface area contributed by atoms with Gasteiger partial charge in [-0.25, -0.2) is 0 Å². The highest BCUT2D eigenvalue weighted by Gasteiger charge is 2.25. The normalized spacial score (nSPS) is 21.7. The molecule has 1 aliphatic heterocycles. The summed E-state index contributed by atoms with van der Waals surface area (Å²) in [6.07, 6.45) is 0.919. The second-order valence-electron chi connectivity index (χ2n) is 3.57. The van der Waals surface area contributed by atoms with Crippen molar-refractivity contribution >= 4 is 5.91 Å². The largest absolute Gasteiger partial charge is 0.377 e. The van der Waals surface area contributed by atoms with Crippen LogP contribution < -0.4 is 5.73 Å². The quantitative estimate of drug-likeness (QED) is 0.635. The first-order chi connectivity index (χ1) is 7.29. The van der Waals surface area contributed by atoms with E-state index in [1.165, 1.54) is 0 Å². The molecule has 5 nitrogen and oxygen atoms in total. The molecule has 0 spiro atoms. The summed E-state index contributed by atoms with van der Waals surface area (Å²) < 4.78 is 10.5. The minimum absolute atomic E-state index is 0.0404. The molecule has 0 aliphatic carbocycles. The summed E-state index contributed by atoms with van der Waals surface area (Å²) in [7, 11) is 0. The van der Waals surface area contributed by atoms with Crippen LogP contribution in [0.3, 0.4) is 0 Å². The monoisotopic (exact) mass is 216 g/mol. The van der Waals surface area contributed by atoms with Gasteiger partial charge in [-0.05, 0) is 6.42 Å². The molecule has 2 N–H and O–H groups in total. The van der Waals surface area contributed by atoms with E-state index in [4.69, 9.17) is 15.2 Å². The second kappa shape index (κ2) is 6.76. The van der Waals surface area contributed by atoms with Crippen LogP contribution in [0.1, 0.15) is 13.3 Å². The van der Waals surface area contributed by atoms with Crippen LogP contribution in [0, 0.1) is 0 Å². The van der Waals surface area contributed by atoms with Gasteiger partial charge >= 0.3 is 0 Å². The van der Waals surface area contributed by atoms with Crippen LogP contribution in [0.2, 0.25) is 0 Å². The molecule has 1 rings (SSSR count). The number of hydrogen-bond donors (Lipinski definition) is 1. The van der Waals surface area contributed by atoms with Crippen molar-refractivity contribution in [1.29, 1.82) is 0 Å². The third-order valence-electron chi connectivity index (χ3n) is 2.51. The smallest absolute Gasteiger partial charge is 0.248 e. The van der Waals surface area contributed by atoms with E-state index >= 15 is 0 Å². The lowest BCUT2D eigenvalue weighted by Gasteiger charge is -2.35. The number of carbonyl (C=O) groups excluding carboxylic acids is 1. The maximum Gasteiger partial charge on any atom is 0.248 e. The Morgan fingerprint density at radius 2 is 2.47 bits per heavy atom. The van der Waals surface area contributed by atoms with Crippen molar-refractivity contribution in [3.05, 3.63) is 0 Å². The van der Waals surface area contributed by atoms with Crippen LogP contribution in [0.25, 0.3) is 0 Å². The van der Waals surface area contributed by atoms with E-state index < -0.39 is 0 Å². The summed E-state index contributed by atoms with van der Waals surface area (Å²) in [6.45, 7) is 5.01. The molecule has 5 heteroatoms. The van der Waals surface area contributed by atoms with E-state index in [1.54, 1.807) is 0 Å². The predicted octanol–water partition coefficient (Wildman–Crippen LogP) is -0.401. The first kappa shape index (κ1) is 12.4. The standard InChI is InChI=1S/C10H20N2O3/c1-2-9-7-15-6-4-12(9)10(13)8-14-5-3-11/h9H,2-8,11H2,1H3. The molecule has 1 saturated heterocycles. The van der Waals surface area contributed by atoms with Gasteiger partial charge in [0.1, 0.15) is 6.61 Å². The minimum Gasteiger partial charge on any atom is -0.377 e. The Bertz CT molecular complexity index is 199. The van der Waals surface area contributed by atoms with E-state index in [-0.39, 0.29) is 18.6 Å². The number of nitrogens with zero attached hydrogens (tertiary/aromatic N) is 1. The van der Waals surface area contributed by atoms with Gasteiger partial charge in [-0.3, -0.25) is 4.79 Å². The molecular formula is C10H20N2O3. The van der Waals surface area contributed by atoms with Gasteiger partial charge in [0.25, 0.3) is 0 Å². The van der Waals surface area contributed by atoms with Crippen molar-refractivity contribution < 1.29 is 14.3 Å². The van der Waals surface area contributed by atoms with Crippen molar-refractivity contribution in [2.24, 2.45) is 5.73 Å². The Morgan fingerprint density at radius 1 is 1.67 bits per heavy atom. The van der Waals surface area contributed by atoms with E-state index in [2.05, 4.69) is 6.92 Å². The van der Waals surface area contributed by atoms with Crippen molar-refractivity contribution in [1.82, 2.24) is 4.90 Å². The number of amides is 1. The summed E-state index contributed by atoms with van der Waals surface area (Å²) in [5.41, 5.74) is 5.28. The molecule has 88 valence electrons. The van der Waals surface area contributed by atoms with Crippen LogP contribution in [-0.4, -0.2) is 56.4 Å². The van der Waals surface area contributed by atoms with E-state index in [9.17, 15) is 4.79 Å². The lowest BCUT2D eigenvalue weighted by Crippen LogP contribution is -2.49. The van der Waals surface area contributed by atoms with E-state index in [1.807, 2.05) is 4.90 Å². The highest BCUT2D eigenvalue weighted by molar-refractivity contribution is 5.77. The fraction of sp³-hybridized carbons (Fsp3) is 0.900. The summed E-state index contributed by atoms with van der Waals surface area (Å²) in [5.74, 6) is 0.0404. The maximum absolute atomic E-state index is 11.7. The van der Waals surface area contributed by atoms with Gasteiger partial charge in [-0.2, -0.15) is 0 Å². The van der Waals surface area contributed by atoms with Crippen LogP contribution in [0.4, 0.5) is 0 Å². The molecule has 1 fully saturated rings. The van der Waals surface area contributed by atoms with Gasteiger partial charge in [0, 0.05) is 13.1 Å². The Kier molecular flexibility index (Phi) is 5.60. The van der Waals surface area contributed by atoms with Crippen molar-refractivity contribution in [3.8, 4) is 0 Å². The predicted molar refractivity (Wildman–Crippen MR) is 56.5 cm³/mol. The number of nitrogens with two attached hydrogens (primary N) is 1. The average Bonchev–Trinajstić information content (AvgIpc) is 2.29. The highest BCUT2D eigenvalue weighted by Crippen LogP contribution is 2.10. The highest BCUT2D eigenvalue weighted by atomic mass is 16.5. The van der Waals surface area contributed by atoms with E-state index in [0.717, 1.165) is 6.42 Å². The van der Waals surface area contributed by atoms with Crippen LogP contribution in [0.15, 0.2) is 0 Å². The fourth-order valence-corrected chi connectivity index (χ4v) is 1.65. The fourth-order valence-electron chi connectivity index (χ4n) is 1.65. The molecule has 15 heavy (non-hydrogen) atoms. The van der Waals surface area contributed by atoms with Crippen LogP contribution in [-0.2, 0) is 14.3 Å². The zero-order chi connectivity index (χ0) is 11.1. The Morgan fingerprint density at radius 3 is 3.13 bits per heavy atom.